The molecule has 6 heteroatoms. The zero-order chi connectivity index (χ0) is 16.4. The van der Waals surface area contributed by atoms with Crippen LogP contribution in [0.1, 0.15) is 43.5 Å². The van der Waals surface area contributed by atoms with Crippen LogP contribution in [0, 0.1) is 0 Å². The second kappa shape index (κ2) is 9.12. The molecule has 0 amide bonds. The van der Waals surface area contributed by atoms with Gasteiger partial charge < -0.3 is 15.8 Å². The summed E-state index contributed by atoms with van der Waals surface area (Å²) in [5, 5.41) is 3.76. The molecule has 1 fully saturated rings. The predicted molar refractivity (Wildman–Crippen MR) is 108 cm³/mol. The number of nitrogens with zero attached hydrogens (tertiary/aromatic N) is 2. The van der Waals surface area contributed by atoms with Crippen molar-refractivity contribution in [1.29, 1.82) is 0 Å². The fourth-order valence-corrected chi connectivity index (χ4v) is 3.86. The van der Waals surface area contributed by atoms with Crippen molar-refractivity contribution in [3.05, 3.63) is 60.2 Å². The Balaban J connectivity index is 0.00000121. The van der Waals surface area contributed by atoms with Crippen LogP contribution in [0.4, 0.5) is 0 Å². The summed E-state index contributed by atoms with van der Waals surface area (Å²) in [6.07, 6.45) is 8.36. The lowest BCUT2D eigenvalue weighted by Crippen LogP contribution is -2.43. The van der Waals surface area contributed by atoms with Crippen LogP contribution >= 0.6 is 12.4 Å². The van der Waals surface area contributed by atoms with E-state index < -0.39 is 0 Å². The molecule has 3 aromatic rings. The molecule has 4 rings (SSSR count). The molecule has 4 N–H and O–H groups in total. The van der Waals surface area contributed by atoms with Gasteiger partial charge in [0, 0.05) is 24.2 Å². The van der Waals surface area contributed by atoms with Gasteiger partial charge in [0.05, 0.1) is 17.2 Å². The highest BCUT2D eigenvalue weighted by Gasteiger charge is 2.28. The smallest absolute Gasteiger partial charge is 0.132 e. The fourth-order valence-electron chi connectivity index (χ4n) is 3.86. The lowest BCUT2D eigenvalue weighted by Gasteiger charge is -2.34. The average Bonchev–Trinajstić information content (AvgIpc) is 3.08. The molecular weight excluding hydrogens is 348 g/mol. The SMILES string of the molecule is CC1CC(c2ncc3[nH]ccc3n2)CC(CCc2ccccc2)N1.Cl.O. The molecule has 1 aliphatic heterocycles. The van der Waals surface area contributed by atoms with Crippen LogP contribution in [-0.2, 0) is 6.42 Å². The molecule has 5 nitrogen and oxygen atoms in total. The largest absolute Gasteiger partial charge is 0.412 e. The molecule has 0 bridgehead atoms. The molecule has 0 radical (unpaired) electrons. The van der Waals surface area contributed by atoms with Crippen LogP contribution in [0.25, 0.3) is 11.0 Å². The summed E-state index contributed by atoms with van der Waals surface area (Å²) in [6, 6.07) is 13.8. The van der Waals surface area contributed by atoms with Crippen molar-refractivity contribution >= 4 is 23.4 Å². The molecule has 2 aromatic heterocycles. The Morgan fingerprint density at radius 2 is 1.92 bits per heavy atom. The summed E-state index contributed by atoms with van der Waals surface area (Å²) >= 11 is 0. The summed E-state index contributed by atoms with van der Waals surface area (Å²) in [5.74, 6) is 1.45. The number of H-pyrrole nitrogens is 1. The first-order valence-electron chi connectivity index (χ1n) is 8.88. The Morgan fingerprint density at radius 3 is 2.73 bits per heavy atom. The number of halogens is 1. The molecule has 26 heavy (non-hydrogen) atoms. The number of benzene rings is 1. The molecular formula is C20H27ClN4O. The molecule has 3 heterocycles. The number of aryl methyl sites for hydroxylation is 1. The maximum atomic E-state index is 4.78. The van der Waals surface area contributed by atoms with Crippen LogP contribution in [-0.4, -0.2) is 32.5 Å². The monoisotopic (exact) mass is 374 g/mol. The number of rotatable bonds is 4. The quantitative estimate of drug-likeness (QED) is 0.733. The molecule has 1 aliphatic rings. The highest BCUT2D eigenvalue weighted by molar-refractivity contribution is 5.85. The number of piperidine rings is 1. The summed E-state index contributed by atoms with van der Waals surface area (Å²) < 4.78 is 0. The van der Waals surface area contributed by atoms with Gasteiger partial charge in [-0.25, -0.2) is 9.97 Å². The number of aromatic amines is 1. The van der Waals surface area contributed by atoms with Gasteiger partial charge in [-0.05, 0) is 44.2 Å². The highest BCUT2D eigenvalue weighted by Crippen LogP contribution is 2.30. The maximum absolute atomic E-state index is 4.78. The first-order chi connectivity index (χ1) is 11.8. The van der Waals surface area contributed by atoms with Crippen LogP contribution in [0.2, 0.25) is 0 Å². The predicted octanol–water partition coefficient (Wildman–Crippen LogP) is 3.41. The average molecular weight is 375 g/mol. The van der Waals surface area contributed by atoms with Crippen molar-refractivity contribution in [2.45, 2.75) is 50.6 Å². The van der Waals surface area contributed by atoms with Crippen molar-refractivity contribution in [2.24, 2.45) is 0 Å². The second-order valence-electron chi connectivity index (χ2n) is 6.96. The molecule has 0 aliphatic carbocycles. The first-order valence-corrected chi connectivity index (χ1v) is 8.88. The molecule has 3 atom stereocenters. The molecule has 1 saturated heterocycles. The number of aromatic nitrogens is 3. The summed E-state index contributed by atoms with van der Waals surface area (Å²) in [6.45, 7) is 2.27. The van der Waals surface area contributed by atoms with Crippen molar-refractivity contribution < 1.29 is 5.48 Å². The number of hydrogen-bond acceptors (Lipinski definition) is 3. The van der Waals surface area contributed by atoms with Crippen molar-refractivity contribution in [2.75, 3.05) is 0 Å². The Labute approximate surface area is 160 Å². The minimum Gasteiger partial charge on any atom is -0.412 e. The van der Waals surface area contributed by atoms with E-state index in [-0.39, 0.29) is 17.9 Å². The second-order valence-corrected chi connectivity index (χ2v) is 6.96. The topological polar surface area (TPSA) is 85.1 Å². The Hall–Kier alpha value is -1.95. The van der Waals surface area contributed by atoms with E-state index in [1.54, 1.807) is 0 Å². The number of nitrogens with one attached hydrogen (secondary N) is 2. The first kappa shape index (κ1) is 20.4. The summed E-state index contributed by atoms with van der Waals surface area (Å²) in [7, 11) is 0. The van der Waals surface area contributed by atoms with E-state index in [1.165, 1.54) is 5.56 Å². The molecule has 3 unspecified atom stereocenters. The Kier molecular flexibility index (Phi) is 7.14. The van der Waals surface area contributed by atoms with Crippen LogP contribution in [0.3, 0.4) is 0 Å². The van der Waals surface area contributed by atoms with Gasteiger partial charge in [0.15, 0.2) is 0 Å². The van der Waals surface area contributed by atoms with Crippen LogP contribution < -0.4 is 5.32 Å². The molecule has 0 spiro atoms. The van der Waals surface area contributed by atoms with E-state index in [9.17, 15) is 0 Å². The van der Waals surface area contributed by atoms with E-state index in [4.69, 9.17) is 4.98 Å². The summed E-state index contributed by atoms with van der Waals surface area (Å²) in [5.41, 5.74) is 3.45. The van der Waals surface area contributed by atoms with E-state index in [0.717, 1.165) is 42.5 Å². The zero-order valence-corrected chi connectivity index (χ0v) is 15.8. The van der Waals surface area contributed by atoms with Gasteiger partial charge in [-0.3, -0.25) is 0 Å². The lowest BCUT2D eigenvalue weighted by atomic mass is 9.85. The normalized spacial score (nSPS) is 22.4. The van der Waals surface area contributed by atoms with Crippen LogP contribution in [0.5, 0.6) is 0 Å². The van der Waals surface area contributed by atoms with Crippen LogP contribution in [0.15, 0.2) is 48.8 Å². The number of hydrogen-bond donors (Lipinski definition) is 2. The van der Waals surface area contributed by atoms with Gasteiger partial charge >= 0.3 is 0 Å². The minimum absolute atomic E-state index is 0. The Morgan fingerprint density at radius 1 is 1.12 bits per heavy atom. The van der Waals surface area contributed by atoms with Gasteiger partial charge in [-0.2, -0.15) is 0 Å². The van der Waals surface area contributed by atoms with E-state index in [2.05, 4.69) is 52.5 Å². The van der Waals surface area contributed by atoms with Gasteiger partial charge in [0.1, 0.15) is 5.82 Å². The fraction of sp³-hybridized carbons (Fsp3) is 0.400. The molecule has 140 valence electrons. The van der Waals surface area contributed by atoms with Gasteiger partial charge in [-0.15, -0.1) is 12.4 Å². The third-order valence-electron chi connectivity index (χ3n) is 5.03. The molecule has 1 aromatic carbocycles. The lowest BCUT2D eigenvalue weighted by molar-refractivity contribution is 0.285. The number of fused-ring (bicyclic) bond motifs is 1. The maximum Gasteiger partial charge on any atom is 0.132 e. The highest BCUT2D eigenvalue weighted by atomic mass is 35.5. The third kappa shape index (κ3) is 4.61. The van der Waals surface area contributed by atoms with Crippen molar-refractivity contribution in [3.8, 4) is 0 Å². The van der Waals surface area contributed by atoms with E-state index in [1.807, 2.05) is 18.5 Å². The van der Waals surface area contributed by atoms with Crippen molar-refractivity contribution in [3.63, 3.8) is 0 Å². The minimum atomic E-state index is 0. The van der Waals surface area contributed by atoms with E-state index >= 15 is 0 Å². The van der Waals surface area contributed by atoms with Gasteiger partial charge in [0.25, 0.3) is 0 Å². The third-order valence-corrected chi connectivity index (χ3v) is 5.03. The van der Waals surface area contributed by atoms with Crippen molar-refractivity contribution in [1.82, 2.24) is 20.3 Å². The van der Waals surface area contributed by atoms with E-state index in [0.29, 0.717) is 18.0 Å². The summed E-state index contributed by atoms with van der Waals surface area (Å²) in [4.78, 5) is 12.6. The van der Waals surface area contributed by atoms with Gasteiger partial charge in [-0.1, -0.05) is 30.3 Å². The zero-order valence-electron chi connectivity index (χ0n) is 15.0. The standard InChI is InChI=1S/C20H24N4.ClH.H2O/c1-14-11-16(20-22-13-19-18(24-20)9-10-21-19)12-17(23-14)8-7-15-5-3-2-4-6-15;;/h2-6,9-10,13-14,16-17,21,23H,7-8,11-12H2,1H3;1H;1H2. The Bertz CT molecular complexity index is 808. The molecule has 0 saturated carbocycles. The van der Waals surface area contributed by atoms with Gasteiger partial charge in [0.2, 0.25) is 0 Å².